The van der Waals surface area contributed by atoms with Crippen molar-refractivity contribution in [3.05, 3.63) is 23.9 Å². The van der Waals surface area contributed by atoms with Gasteiger partial charge >= 0.3 is 0 Å². The molecule has 2 rings (SSSR count). The third-order valence-corrected chi connectivity index (χ3v) is 4.94. The summed E-state index contributed by atoms with van der Waals surface area (Å²) in [6.45, 7) is 13.2. The minimum Gasteiger partial charge on any atom is -0.477 e. The highest BCUT2D eigenvalue weighted by atomic mass is 127. The molecule has 0 saturated carbocycles. The minimum absolute atomic E-state index is 0. The number of halogens is 1. The Morgan fingerprint density at radius 1 is 1.32 bits per heavy atom. The van der Waals surface area contributed by atoms with E-state index in [1.54, 1.807) is 6.20 Å². The topological polar surface area (TPSA) is 61.8 Å². The van der Waals surface area contributed by atoms with Crippen molar-refractivity contribution in [2.75, 3.05) is 26.2 Å². The second kappa shape index (κ2) is 14.0. The van der Waals surface area contributed by atoms with Gasteiger partial charge in [0, 0.05) is 43.5 Å². The van der Waals surface area contributed by atoms with Gasteiger partial charge in [0.05, 0.1) is 13.2 Å². The average molecular weight is 503 g/mol. The van der Waals surface area contributed by atoms with Crippen LogP contribution in [0.4, 0.5) is 0 Å². The molecule has 1 saturated heterocycles. The summed E-state index contributed by atoms with van der Waals surface area (Å²) in [5.74, 6) is 1.58. The van der Waals surface area contributed by atoms with Gasteiger partial charge in [-0.3, -0.25) is 0 Å². The zero-order chi connectivity index (χ0) is 19.5. The van der Waals surface area contributed by atoms with Gasteiger partial charge in [0.15, 0.2) is 5.96 Å². The maximum absolute atomic E-state index is 5.83. The number of piperidine rings is 1. The van der Waals surface area contributed by atoms with Crippen molar-refractivity contribution < 1.29 is 4.74 Å². The predicted octanol–water partition coefficient (Wildman–Crippen LogP) is 3.81. The normalized spacial score (nSPS) is 16.0. The van der Waals surface area contributed by atoms with E-state index < -0.39 is 0 Å². The van der Waals surface area contributed by atoms with Crippen molar-refractivity contribution in [1.82, 2.24) is 20.5 Å². The molecule has 1 aliphatic heterocycles. The predicted molar refractivity (Wildman–Crippen MR) is 128 cm³/mol. The molecule has 2 heterocycles. The zero-order valence-electron chi connectivity index (χ0n) is 17.9. The third-order valence-electron chi connectivity index (χ3n) is 4.94. The summed E-state index contributed by atoms with van der Waals surface area (Å²) >= 11 is 0. The number of guanidine groups is 1. The molecule has 1 fully saturated rings. The molecular weight excluding hydrogens is 465 g/mol. The van der Waals surface area contributed by atoms with Crippen LogP contribution in [0, 0.1) is 0 Å². The van der Waals surface area contributed by atoms with Crippen LogP contribution < -0.4 is 15.4 Å². The van der Waals surface area contributed by atoms with Gasteiger partial charge in [0.25, 0.3) is 0 Å². The minimum atomic E-state index is 0. The Balaban J connectivity index is 0.00000392. The summed E-state index contributed by atoms with van der Waals surface area (Å²) in [6.07, 6.45) is 6.24. The van der Waals surface area contributed by atoms with Crippen LogP contribution in [0.1, 0.15) is 58.9 Å². The van der Waals surface area contributed by atoms with Gasteiger partial charge in [-0.25, -0.2) is 9.98 Å². The molecule has 0 spiro atoms. The summed E-state index contributed by atoms with van der Waals surface area (Å²) in [5, 5.41) is 6.98. The number of nitrogens with zero attached hydrogens (tertiary/aromatic N) is 3. The van der Waals surface area contributed by atoms with Crippen molar-refractivity contribution in [1.29, 1.82) is 0 Å². The molecular formula is C21H38IN5O. The van der Waals surface area contributed by atoms with E-state index in [1.165, 1.54) is 0 Å². The summed E-state index contributed by atoms with van der Waals surface area (Å²) < 4.78 is 5.83. The Morgan fingerprint density at radius 3 is 2.71 bits per heavy atom. The number of aliphatic imine (C=N–C) groups is 1. The molecule has 2 N–H and O–H groups in total. The summed E-state index contributed by atoms with van der Waals surface area (Å²) in [6, 6.07) is 5.10. The second-order valence-corrected chi connectivity index (χ2v) is 7.41. The number of nitrogens with one attached hydrogen (secondary N) is 2. The lowest BCUT2D eigenvalue weighted by atomic mass is 10.0. The number of ether oxygens (including phenoxy) is 1. The molecule has 1 aliphatic rings. The first-order valence-electron chi connectivity index (χ1n) is 10.5. The summed E-state index contributed by atoms with van der Waals surface area (Å²) in [7, 11) is 0. The van der Waals surface area contributed by atoms with E-state index in [1.807, 2.05) is 12.1 Å². The molecule has 1 aromatic rings. The van der Waals surface area contributed by atoms with Gasteiger partial charge in [-0.05, 0) is 46.1 Å². The Bertz CT molecular complexity index is 574. The Kier molecular flexibility index (Phi) is 12.5. The van der Waals surface area contributed by atoms with Gasteiger partial charge < -0.3 is 20.3 Å². The highest BCUT2D eigenvalue weighted by Crippen LogP contribution is 2.16. The first-order valence-corrected chi connectivity index (χ1v) is 10.5. The van der Waals surface area contributed by atoms with Gasteiger partial charge in [-0.1, -0.05) is 19.4 Å². The second-order valence-electron chi connectivity index (χ2n) is 7.41. The van der Waals surface area contributed by atoms with E-state index >= 15 is 0 Å². The lowest BCUT2D eigenvalue weighted by molar-refractivity contribution is 0.167. The highest BCUT2D eigenvalue weighted by Gasteiger charge is 2.21. The molecule has 0 atom stereocenters. The maximum Gasteiger partial charge on any atom is 0.218 e. The first-order chi connectivity index (χ1) is 13.1. The van der Waals surface area contributed by atoms with Crippen LogP contribution in [0.25, 0.3) is 0 Å². The van der Waals surface area contributed by atoms with Crippen LogP contribution in [0.15, 0.2) is 23.3 Å². The number of hydrogen-bond acceptors (Lipinski definition) is 4. The third kappa shape index (κ3) is 8.51. The van der Waals surface area contributed by atoms with E-state index in [4.69, 9.17) is 9.73 Å². The molecule has 0 unspecified atom stereocenters. The molecule has 0 radical (unpaired) electrons. The average Bonchev–Trinajstić information content (AvgIpc) is 2.68. The fourth-order valence-corrected chi connectivity index (χ4v) is 3.23. The quantitative estimate of drug-likeness (QED) is 0.232. The van der Waals surface area contributed by atoms with Crippen LogP contribution in [-0.4, -0.2) is 54.2 Å². The maximum atomic E-state index is 5.83. The van der Waals surface area contributed by atoms with Crippen molar-refractivity contribution in [3.63, 3.8) is 0 Å². The molecule has 0 aliphatic carbocycles. The summed E-state index contributed by atoms with van der Waals surface area (Å²) in [5.41, 5.74) is 1.03. The molecule has 1 aromatic heterocycles. The Hall–Kier alpha value is -1.09. The van der Waals surface area contributed by atoms with Crippen LogP contribution in [-0.2, 0) is 6.54 Å². The van der Waals surface area contributed by atoms with Gasteiger partial charge in [0.1, 0.15) is 0 Å². The molecule has 28 heavy (non-hydrogen) atoms. The van der Waals surface area contributed by atoms with Crippen LogP contribution in [0.5, 0.6) is 5.88 Å². The fraction of sp³-hybridized carbons (Fsp3) is 0.714. The number of rotatable bonds is 9. The Morgan fingerprint density at radius 2 is 2.07 bits per heavy atom. The zero-order valence-corrected chi connectivity index (χ0v) is 20.2. The molecule has 0 aromatic carbocycles. The van der Waals surface area contributed by atoms with Gasteiger partial charge in [-0.2, -0.15) is 0 Å². The number of aromatic nitrogens is 1. The van der Waals surface area contributed by atoms with Crippen molar-refractivity contribution in [3.8, 4) is 5.88 Å². The van der Waals surface area contributed by atoms with Crippen molar-refractivity contribution in [2.45, 2.75) is 72.0 Å². The van der Waals surface area contributed by atoms with Crippen LogP contribution >= 0.6 is 24.0 Å². The Labute approximate surface area is 187 Å². The largest absolute Gasteiger partial charge is 0.477 e. The lowest BCUT2D eigenvalue weighted by Gasteiger charge is -2.35. The fourth-order valence-electron chi connectivity index (χ4n) is 3.23. The van der Waals surface area contributed by atoms with Gasteiger partial charge in [0.2, 0.25) is 5.88 Å². The SMILES string of the molecule is CCCCOc1ncccc1CN=C(NCC)NC1CCN(C(C)C)CC1.I. The van der Waals surface area contributed by atoms with E-state index in [0.29, 0.717) is 31.1 Å². The molecule has 0 bridgehead atoms. The molecule has 0 amide bonds. The van der Waals surface area contributed by atoms with Crippen molar-refractivity contribution >= 4 is 29.9 Å². The number of pyridine rings is 1. The first kappa shape index (κ1) is 24.9. The van der Waals surface area contributed by atoms with E-state index in [-0.39, 0.29) is 24.0 Å². The van der Waals surface area contributed by atoms with E-state index in [0.717, 1.165) is 56.8 Å². The number of hydrogen-bond donors (Lipinski definition) is 2. The summed E-state index contributed by atoms with van der Waals surface area (Å²) in [4.78, 5) is 11.7. The molecule has 160 valence electrons. The van der Waals surface area contributed by atoms with E-state index in [9.17, 15) is 0 Å². The van der Waals surface area contributed by atoms with Gasteiger partial charge in [-0.15, -0.1) is 24.0 Å². The van der Waals surface area contributed by atoms with Crippen molar-refractivity contribution in [2.24, 2.45) is 4.99 Å². The lowest BCUT2D eigenvalue weighted by Crippen LogP contribution is -2.49. The highest BCUT2D eigenvalue weighted by molar-refractivity contribution is 14.0. The smallest absolute Gasteiger partial charge is 0.218 e. The number of unbranched alkanes of at least 4 members (excludes halogenated alkanes) is 1. The van der Waals surface area contributed by atoms with Crippen LogP contribution in [0.2, 0.25) is 0 Å². The van der Waals surface area contributed by atoms with Crippen LogP contribution in [0.3, 0.4) is 0 Å². The monoisotopic (exact) mass is 503 g/mol. The molecule has 6 nitrogen and oxygen atoms in total. The number of likely N-dealkylation sites (tertiary alicyclic amines) is 1. The van der Waals surface area contributed by atoms with E-state index in [2.05, 4.69) is 48.2 Å². The molecule has 7 heteroatoms. The standard InChI is InChI=1S/C21H37N5O.HI/c1-5-7-15-27-20-18(9-8-12-23-20)16-24-21(22-6-2)25-19-10-13-26(14-11-19)17(3)4;/h8-9,12,17,19H,5-7,10-11,13-16H2,1-4H3,(H2,22,24,25);1H.